The van der Waals surface area contributed by atoms with Gasteiger partial charge in [-0.05, 0) is 44.2 Å². The van der Waals surface area contributed by atoms with Gasteiger partial charge in [-0.15, -0.1) is 0 Å². The van der Waals surface area contributed by atoms with Crippen LogP contribution in [0.1, 0.15) is 23.2 Å². The van der Waals surface area contributed by atoms with E-state index in [4.69, 9.17) is 16.7 Å². The predicted molar refractivity (Wildman–Crippen MR) is 112 cm³/mol. The Bertz CT molecular complexity index is 944. The van der Waals surface area contributed by atoms with Crippen molar-refractivity contribution in [2.24, 2.45) is 0 Å². The molecule has 0 unspecified atom stereocenters. The molecule has 1 aromatic heterocycles. The van der Waals surface area contributed by atoms with Gasteiger partial charge in [0.2, 0.25) is 0 Å². The second-order valence-electron chi connectivity index (χ2n) is 7.03. The van der Waals surface area contributed by atoms with Gasteiger partial charge >= 0.3 is 0 Å². The van der Waals surface area contributed by atoms with Gasteiger partial charge in [0.15, 0.2) is 0 Å². The SMILES string of the molecule is CNC1CCN(C(=O)c2cn(-c3ccccc3)nc2-c2ccc(Cl)cc2)CC1. The first kappa shape index (κ1) is 18.7. The number of piperidine rings is 1. The standard InChI is InChI=1S/C22H23ClN4O/c1-24-18-11-13-26(14-12-18)22(28)20-15-27(19-5-3-2-4-6-19)25-21(20)16-7-9-17(23)10-8-16/h2-10,15,18,24H,11-14H2,1H3. The van der Waals surface area contributed by atoms with Crippen molar-refractivity contribution in [3.8, 4) is 16.9 Å². The summed E-state index contributed by atoms with van der Waals surface area (Å²) in [5.74, 6) is 0.0293. The number of nitrogens with one attached hydrogen (secondary N) is 1. The van der Waals surface area contributed by atoms with Crippen molar-refractivity contribution in [1.29, 1.82) is 0 Å². The molecule has 0 spiro atoms. The van der Waals surface area contributed by atoms with E-state index in [1.165, 1.54) is 0 Å². The molecule has 0 saturated carbocycles. The van der Waals surface area contributed by atoms with Gasteiger partial charge in [-0.3, -0.25) is 4.79 Å². The van der Waals surface area contributed by atoms with Crippen LogP contribution < -0.4 is 5.32 Å². The highest BCUT2D eigenvalue weighted by Crippen LogP contribution is 2.27. The number of nitrogens with zero attached hydrogens (tertiary/aromatic N) is 3. The zero-order chi connectivity index (χ0) is 19.5. The maximum absolute atomic E-state index is 13.3. The van der Waals surface area contributed by atoms with Gasteiger partial charge in [-0.2, -0.15) is 5.10 Å². The molecule has 1 aliphatic rings. The fraction of sp³-hybridized carbons (Fsp3) is 0.273. The van der Waals surface area contributed by atoms with Gasteiger partial charge < -0.3 is 10.2 Å². The second-order valence-corrected chi connectivity index (χ2v) is 7.47. The zero-order valence-corrected chi connectivity index (χ0v) is 16.6. The van der Waals surface area contributed by atoms with Crippen LogP contribution in [0.2, 0.25) is 5.02 Å². The third kappa shape index (κ3) is 3.81. The number of carbonyl (C=O) groups excluding carboxylic acids is 1. The van der Waals surface area contributed by atoms with Crippen LogP contribution in [0.25, 0.3) is 16.9 Å². The largest absolute Gasteiger partial charge is 0.338 e. The first-order valence-corrected chi connectivity index (χ1v) is 9.91. The summed E-state index contributed by atoms with van der Waals surface area (Å²) >= 11 is 6.04. The Morgan fingerprint density at radius 3 is 2.39 bits per heavy atom. The van der Waals surface area contributed by atoms with Crippen LogP contribution >= 0.6 is 11.6 Å². The van der Waals surface area contributed by atoms with Gasteiger partial charge in [0, 0.05) is 35.9 Å². The summed E-state index contributed by atoms with van der Waals surface area (Å²) < 4.78 is 1.78. The number of hydrogen-bond acceptors (Lipinski definition) is 3. The van der Waals surface area contributed by atoms with Crippen molar-refractivity contribution in [3.63, 3.8) is 0 Å². The van der Waals surface area contributed by atoms with Crippen molar-refractivity contribution < 1.29 is 4.79 Å². The fourth-order valence-electron chi connectivity index (χ4n) is 3.61. The Kier molecular flexibility index (Phi) is 5.46. The van der Waals surface area contributed by atoms with Crippen LogP contribution in [0, 0.1) is 0 Å². The molecule has 2 aromatic carbocycles. The monoisotopic (exact) mass is 394 g/mol. The fourth-order valence-corrected chi connectivity index (χ4v) is 3.73. The van der Waals surface area contributed by atoms with Crippen molar-refractivity contribution in [2.45, 2.75) is 18.9 Å². The summed E-state index contributed by atoms with van der Waals surface area (Å²) in [6, 6.07) is 17.8. The Labute approximate surface area is 169 Å². The number of benzene rings is 2. The molecule has 0 bridgehead atoms. The minimum absolute atomic E-state index is 0.0293. The molecule has 1 saturated heterocycles. The van der Waals surface area contributed by atoms with E-state index in [9.17, 15) is 4.79 Å². The molecular formula is C22H23ClN4O. The smallest absolute Gasteiger partial charge is 0.257 e. The Morgan fingerprint density at radius 2 is 1.75 bits per heavy atom. The summed E-state index contributed by atoms with van der Waals surface area (Å²) in [4.78, 5) is 15.3. The molecule has 1 aliphatic heterocycles. The van der Waals surface area contributed by atoms with Gasteiger partial charge in [0.05, 0.1) is 11.3 Å². The van der Waals surface area contributed by atoms with Crippen molar-refractivity contribution >= 4 is 17.5 Å². The summed E-state index contributed by atoms with van der Waals surface area (Å²) in [5.41, 5.74) is 3.11. The minimum Gasteiger partial charge on any atom is -0.338 e. The predicted octanol–water partition coefficient (Wildman–Crippen LogP) is 4.02. The zero-order valence-electron chi connectivity index (χ0n) is 15.8. The lowest BCUT2D eigenvalue weighted by atomic mass is 10.0. The molecule has 144 valence electrons. The highest BCUT2D eigenvalue weighted by atomic mass is 35.5. The maximum Gasteiger partial charge on any atom is 0.257 e. The van der Waals surface area contributed by atoms with Gasteiger partial charge in [-0.25, -0.2) is 4.68 Å². The lowest BCUT2D eigenvalue weighted by molar-refractivity contribution is 0.0708. The number of carbonyl (C=O) groups is 1. The summed E-state index contributed by atoms with van der Waals surface area (Å²) in [5, 5.41) is 8.71. The molecule has 1 fully saturated rings. The normalized spacial score (nSPS) is 15.0. The number of halogens is 1. The summed E-state index contributed by atoms with van der Waals surface area (Å²) in [6.45, 7) is 1.50. The van der Waals surface area contributed by atoms with E-state index in [0.29, 0.717) is 22.3 Å². The molecule has 0 radical (unpaired) electrons. The third-order valence-corrected chi connectivity index (χ3v) is 5.53. The molecule has 3 aromatic rings. The second kappa shape index (κ2) is 8.17. The molecule has 0 atom stereocenters. The van der Waals surface area contributed by atoms with E-state index < -0.39 is 0 Å². The molecule has 4 rings (SSSR count). The van der Waals surface area contributed by atoms with Crippen molar-refractivity contribution in [2.75, 3.05) is 20.1 Å². The maximum atomic E-state index is 13.3. The number of aromatic nitrogens is 2. The molecular weight excluding hydrogens is 372 g/mol. The molecule has 0 aliphatic carbocycles. The number of likely N-dealkylation sites (tertiary alicyclic amines) is 1. The average molecular weight is 395 g/mol. The van der Waals surface area contributed by atoms with Gasteiger partial charge in [0.1, 0.15) is 5.69 Å². The van der Waals surface area contributed by atoms with Gasteiger partial charge in [0.25, 0.3) is 5.91 Å². The lowest BCUT2D eigenvalue weighted by Gasteiger charge is -2.31. The van der Waals surface area contributed by atoms with Crippen molar-refractivity contribution in [1.82, 2.24) is 20.0 Å². The van der Waals surface area contributed by atoms with Crippen LogP contribution in [-0.2, 0) is 0 Å². The number of para-hydroxylation sites is 1. The average Bonchev–Trinajstić information content (AvgIpc) is 3.20. The van der Waals surface area contributed by atoms with E-state index >= 15 is 0 Å². The Hall–Kier alpha value is -2.63. The summed E-state index contributed by atoms with van der Waals surface area (Å²) in [7, 11) is 1.98. The first-order valence-electron chi connectivity index (χ1n) is 9.53. The Balaban J connectivity index is 1.71. The highest BCUT2D eigenvalue weighted by Gasteiger charge is 2.27. The number of hydrogen-bond donors (Lipinski definition) is 1. The van der Waals surface area contributed by atoms with E-state index in [1.54, 1.807) is 4.68 Å². The van der Waals surface area contributed by atoms with E-state index in [-0.39, 0.29) is 5.91 Å². The van der Waals surface area contributed by atoms with Crippen LogP contribution in [0.3, 0.4) is 0 Å². The lowest BCUT2D eigenvalue weighted by Crippen LogP contribution is -2.44. The topological polar surface area (TPSA) is 50.2 Å². The van der Waals surface area contributed by atoms with E-state index in [1.807, 2.05) is 72.7 Å². The number of rotatable bonds is 4. The molecule has 28 heavy (non-hydrogen) atoms. The third-order valence-electron chi connectivity index (χ3n) is 5.27. The van der Waals surface area contributed by atoms with E-state index in [0.717, 1.165) is 37.2 Å². The van der Waals surface area contributed by atoms with Crippen LogP contribution in [0.4, 0.5) is 0 Å². The summed E-state index contributed by atoms with van der Waals surface area (Å²) in [6.07, 6.45) is 3.77. The Morgan fingerprint density at radius 1 is 1.07 bits per heavy atom. The van der Waals surface area contributed by atoms with Crippen molar-refractivity contribution in [3.05, 3.63) is 71.4 Å². The first-order chi connectivity index (χ1) is 13.7. The minimum atomic E-state index is 0.0293. The molecule has 1 N–H and O–H groups in total. The molecule has 1 amide bonds. The van der Waals surface area contributed by atoms with Gasteiger partial charge in [-0.1, -0.05) is 41.9 Å². The van der Waals surface area contributed by atoms with Crippen LogP contribution in [-0.4, -0.2) is 46.8 Å². The molecule has 2 heterocycles. The van der Waals surface area contributed by atoms with Crippen LogP contribution in [0.5, 0.6) is 0 Å². The number of amides is 1. The molecule has 5 nitrogen and oxygen atoms in total. The quantitative estimate of drug-likeness (QED) is 0.727. The highest BCUT2D eigenvalue weighted by molar-refractivity contribution is 6.30. The van der Waals surface area contributed by atoms with E-state index in [2.05, 4.69) is 5.32 Å². The van der Waals surface area contributed by atoms with Crippen LogP contribution in [0.15, 0.2) is 60.8 Å². The molecule has 6 heteroatoms.